The Morgan fingerprint density at radius 1 is 1.03 bits per heavy atom. The minimum absolute atomic E-state index is 0.0346. The normalized spacial score (nSPS) is 16.0. The van der Waals surface area contributed by atoms with Gasteiger partial charge in [-0.2, -0.15) is 0 Å². The van der Waals surface area contributed by atoms with Crippen molar-refractivity contribution in [3.63, 3.8) is 0 Å². The fourth-order valence-electron chi connectivity index (χ4n) is 4.81. The molecule has 1 saturated heterocycles. The van der Waals surface area contributed by atoms with Gasteiger partial charge < -0.3 is 23.5 Å². The summed E-state index contributed by atoms with van der Waals surface area (Å²) in [6.45, 7) is 6.01. The van der Waals surface area contributed by atoms with Gasteiger partial charge in [0.1, 0.15) is 11.4 Å². The van der Waals surface area contributed by atoms with Crippen LogP contribution >= 0.6 is 0 Å². The van der Waals surface area contributed by atoms with Crippen LogP contribution in [0.1, 0.15) is 38.9 Å². The van der Waals surface area contributed by atoms with Gasteiger partial charge in [0.15, 0.2) is 0 Å². The summed E-state index contributed by atoms with van der Waals surface area (Å²) in [6, 6.07) is 19.1. The van der Waals surface area contributed by atoms with E-state index in [9.17, 15) is 9.59 Å². The van der Waals surface area contributed by atoms with E-state index in [1.807, 2.05) is 39.5 Å². The number of rotatable bonds is 5. The van der Waals surface area contributed by atoms with Crippen molar-refractivity contribution in [2.24, 2.45) is 0 Å². The van der Waals surface area contributed by atoms with Crippen molar-refractivity contribution in [1.82, 2.24) is 14.4 Å². The van der Waals surface area contributed by atoms with E-state index in [1.54, 1.807) is 37.6 Å². The number of nitrogens with zero attached hydrogens (tertiary/aromatic N) is 3. The molecule has 1 atom stereocenters. The van der Waals surface area contributed by atoms with Gasteiger partial charge in [-0.3, -0.25) is 9.59 Å². The highest BCUT2D eigenvalue weighted by molar-refractivity contribution is 5.98. The largest absolute Gasteiger partial charge is 0.497 e. The van der Waals surface area contributed by atoms with E-state index >= 15 is 0 Å². The summed E-state index contributed by atoms with van der Waals surface area (Å²) in [5.74, 6) is 0.629. The molecule has 1 aliphatic heterocycles. The highest BCUT2D eigenvalue weighted by Gasteiger charge is 2.32. The van der Waals surface area contributed by atoms with E-state index in [2.05, 4.69) is 25.1 Å². The minimum Gasteiger partial charge on any atom is -0.497 e. The van der Waals surface area contributed by atoms with Gasteiger partial charge in [-0.15, -0.1) is 0 Å². The standard InChI is InChI=1S/C28H29N3O4/c1-19-5-4-6-21(15-19)18-31-25(16-23-11-14-35-28(23)31)27(33)29-12-13-30(20(2)17-29)26(32)22-7-9-24(34-3)10-8-22/h4-11,14-16,20H,12-13,17-18H2,1-3H3/t20-/m0/s1. The average molecular weight is 472 g/mol. The molecule has 2 aromatic heterocycles. The van der Waals surface area contributed by atoms with E-state index in [0.29, 0.717) is 48.9 Å². The Labute approximate surface area is 204 Å². The smallest absolute Gasteiger partial charge is 0.270 e. The summed E-state index contributed by atoms with van der Waals surface area (Å²) in [7, 11) is 1.60. The fraction of sp³-hybridized carbons (Fsp3) is 0.286. The summed E-state index contributed by atoms with van der Waals surface area (Å²) in [6.07, 6.45) is 1.65. The molecule has 0 bridgehead atoms. The number of piperazine rings is 1. The molecule has 3 heterocycles. The van der Waals surface area contributed by atoms with Gasteiger partial charge >= 0.3 is 0 Å². The first-order valence-corrected chi connectivity index (χ1v) is 11.8. The van der Waals surface area contributed by atoms with Crippen molar-refractivity contribution in [3.05, 3.63) is 89.3 Å². The number of ether oxygens (including phenoxy) is 1. The van der Waals surface area contributed by atoms with Crippen LogP contribution in [0.2, 0.25) is 0 Å². The third-order valence-corrected chi connectivity index (χ3v) is 6.66. The van der Waals surface area contributed by atoms with Crippen molar-refractivity contribution in [1.29, 1.82) is 0 Å². The number of aryl methyl sites for hydroxylation is 1. The van der Waals surface area contributed by atoms with Crippen LogP contribution in [0.3, 0.4) is 0 Å². The molecule has 5 rings (SSSR count). The molecule has 0 aliphatic carbocycles. The Kier molecular flexibility index (Phi) is 6.07. The molecule has 1 aliphatic rings. The van der Waals surface area contributed by atoms with Crippen LogP contribution in [0.5, 0.6) is 5.75 Å². The molecule has 0 saturated carbocycles. The quantitative estimate of drug-likeness (QED) is 0.427. The van der Waals surface area contributed by atoms with Crippen molar-refractivity contribution in [3.8, 4) is 5.75 Å². The van der Waals surface area contributed by atoms with Gasteiger partial charge in [-0.25, -0.2) is 0 Å². The van der Waals surface area contributed by atoms with E-state index in [-0.39, 0.29) is 17.9 Å². The second-order valence-corrected chi connectivity index (χ2v) is 9.11. The Morgan fingerprint density at radius 2 is 1.83 bits per heavy atom. The molecule has 2 amide bonds. The number of fused-ring (bicyclic) bond motifs is 1. The molecule has 0 N–H and O–H groups in total. The van der Waals surface area contributed by atoms with Gasteiger partial charge in [-0.05, 0) is 55.8 Å². The fourth-order valence-corrected chi connectivity index (χ4v) is 4.81. The van der Waals surface area contributed by atoms with Gasteiger partial charge in [0.2, 0.25) is 5.71 Å². The van der Waals surface area contributed by atoms with Crippen LogP contribution in [0.15, 0.2) is 71.3 Å². The number of aromatic nitrogens is 1. The number of carbonyl (C=O) groups excluding carboxylic acids is 2. The number of hydrogen-bond donors (Lipinski definition) is 0. The van der Waals surface area contributed by atoms with Crippen LogP contribution < -0.4 is 4.74 Å². The van der Waals surface area contributed by atoms with Gasteiger partial charge in [-0.1, -0.05) is 29.8 Å². The Morgan fingerprint density at radius 3 is 2.54 bits per heavy atom. The van der Waals surface area contributed by atoms with E-state index in [1.165, 1.54) is 5.56 Å². The maximum Gasteiger partial charge on any atom is 0.270 e. The summed E-state index contributed by atoms with van der Waals surface area (Å²) in [5.41, 5.74) is 4.19. The number of carbonyl (C=O) groups is 2. The molecule has 0 radical (unpaired) electrons. The number of amides is 2. The van der Waals surface area contributed by atoms with E-state index in [4.69, 9.17) is 9.15 Å². The number of benzene rings is 2. The number of hydrogen-bond acceptors (Lipinski definition) is 4. The summed E-state index contributed by atoms with van der Waals surface area (Å²) >= 11 is 0. The number of methoxy groups -OCH3 is 1. The molecule has 35 heavy (non-hydrogen) atoms. The predicted octanol–water partition coefficient (Wildman–Crippen LogP) is 4.59. The van der Waals surface area contributed by atoms with Crippen LogP contribution in [0.25, 0.3) is 11.1 Å². The Bertz CT molecular complexity index is 1370. The second kappa shape index (κ2) is 9.33. The molecule has 1 fully saturated rings. The lowest BCUT2D eigenvalue weighted by Crippen LogP contribution is -2.55. The predicted molar refractivity (Wildman–Crippen MR) is 134 cm³/mol. The summed E-state index contributed by atoms with van der Waals surface area (Å²) < 4.78 is 12.9. The number of furan rings is 1. The summed E-state index contributed by atoms with van der Waals surface area (Å²) in [5, 5.41) is 0.905. The molecule has 7 heteroatoms. The first-order valence-electron chi connectivity index (χ1n) is 11.8. The molecular formula is C28H29N3O4. The van der Waals surface area contributed by atoms with Gasteiger partial charge in [0.05, 0.1) is 19.9 Å². The van der Waals surface area contributed by atoms with Crippen LogP contribution in [-0.4, -0.2) is 59.0 Å². The van der Waals surface area contributed by atoms with Crippen LogP contribution in [0, 0.1) is 6.92 Å². The van der Waals surface area contributed by atoms with Crippen molar-refractivity contribution < 1.29 is 18.7 Å². The first kappa shape index (κ1) is 22.8. The van der Waals surface area contributed by atoms with Crippen molar-refractivity contribution in [2.45, 2.75) is 26.4 Å². The lowest BCUT2D eigenvalue weighted by Gasteiger charge is -2.40. The zero-order chi connectivity index (χ0) is 24.5. The molecule has 180 valence electrons. The first-order chi connectivity index (χ1) is 16.9. The third kappa shape index (κ3) is 4.41. The minimum atomic E-state index is -0.106. The molecule has 2 aromatic carbocycles. The average Bonchev–Trinajstić information content (AvgIpc) is 3.46. The van der Waals surface area contributed by atoms with Crippen molar-refractivity contribution >= 4 is 22.9 Å². The SMILES string of the molecule is COc1ccc(C(=O)N2CCN(C(=O)c3cc4ccoc4n3Cc3cccc(C)c3)C[C@@H]2C)cc1. The molecule has 4 aromatic rings. The summed E-state index contributed by atoms with van der Waals surface area (Å²) in [4.78, 5) is 30.4. The lowest BCUT2D eigenvalue weighted by molar-refractivity contribution is 0.0409. The maximum absolute atomic E-state index is 13.7. The highest BCUT2D eigenvalue weighted by Crippen LogP contribution is 2.25. The second-order valence-electron chi connectivity index (χ2n) is 9.11. The molecule has 7 nitrogen and oxygen atoms in total. The van der Waals surface area contributed by atoms with E-state index in [0.717, 1.165) is 10.9 Å². The monoisotopic (exact) mass is 471 g/mol. The molecule has 0 unspecified atom stereocenters. The van der Waals surface area contributed by atoms with Crippen LogP contribution in [-0.2, 0) is 6.54 Å². The molecule has 0 spiro atoms. The van der Waals surface area contributed by atoms with E-state index < -0.39 is 0 Å². The van der Waals surface area contributed by atoms with Crippen molar-refractivity contribution in [2.75, 3.05) is 26.7 Å². The maximum atomic E-state index is 13.7. The zero-order valence-corrected chi connectivity index (χ0v) is 20.2. The Balaban J connectivity index is 1.34. The molecular weight excluding hydrogens is 442 g/mol. The van der Waals surface area contributed by atoms with Gasteiger partial charge in [0, 0.05) is 36.6 Å². The van der Waals surface area contributed by atoms with Crippen LogP contribution in [0.4, 0.5) is 0 Å². The topological polar surface area (TPSA) is 67.9 Å². The van der Waals surface area contributed by atoms with Gasteiger partial charge in [0.25, 0.3) is 11.8 Å². The lowest BCUT2D eigenvalue weighted by atomic mass is 10.1. The third-order valence-electron chi connectivity index (χ3n) is 6.66. The Hall–Kier alpha value is -4.00. The highest BCUT2D eigenvalue weighted by atomic mass is 16.5. The zero-order valence-electron chi connectivity index (χ0n) is 20.2.